The molecule has 3 rings (SSSR count). The predicted octanol–water partition coefficient (Wildman–Crippen LogP) is 3.46. The van der Waals surface area contributed by atoms with E-state index in [0.29, 0.717) is 11.1 Å². The molecule has 2 aromatic heterocycles. The molecule has 0 spiro atoms. The number of benzene rings is 1. The fraction of sp³-hybridized carbons (Fsp3) is 0.125. The van der Waals surface area contributed by atoms with Gasteiger partial charge in [0.25, 0.3) is 12.3 Å². The molecule has 23 heavy (non-hydrogen) atoms. The molecule has 0 aliphatic carbocycles. The van der Waals surface area contributed by atoms with Crippen molar-refractivity contribution in [2.24, 2.45) is 0 Å². The summed E-state index contributed by atoms with van der Waals surface area (Å²) in [6.07, 6.45) is 0.526. The van der Waals surface area contributed by atoms with Gasteiger partial charge in [-0.25, -0.2) is 13.8 Å². The molecule has 0 saturated heterocycles. The second kappa shape index (κ2) is 6.43. The standard InChI is InChI=1S/C16H13F2N3O2/c17-13(18)9-23-16-12(5-2-7-20-16)21-15(22)11-4-1-3-10-6-8-19-14(10)11/h1-8,13,19H,9H2,(H,21,22). The third-order valence-corrected chi connectivity index (χ3v) is 3.20. The van der Waals surface area contributed by atoms with Gasteiger partial charge in [0, 0.05) is 17.8 Å². The highest BCUT2D eigenvalue weighted by atomic mass is 19.3. The fourth-order valence-corrected chi connectivity index (χ4v) is 2.21. The third-order valence-electron chi connectivity index (χ3n) is 3.20. The maximum atomic E-state index is 12.5. The average Bonchev–Trinajstić information content (AvgIpc) is 3.02. The second-order valence-corrected chi connectivity index (χ2v) is 4.76. The quantitative estimate of drug-likeness (QED) is 0.757. The van der Waals surface area contributed by atoms with Gasteiger partial charge in [-0.1, -0.05) is 12.1 Å². The first-order valence-corrected chi connectivity index (χ1v) is 6.88. The first-order valence-electron chi connectivity index (χ1n) is 6.88. The number of carbonyl (C=O) groups is 1. The first kappa shape index (κ1) is 15.0. The number of hydrogen-bond donors (Lipinski definition) is 2. The molecule has 1 amide bonds. The highest BCUT2D eigenvalue weighted by Gasteiger charge is 2.15. The number of nitrogens with zero attached hydrogens (tertiary/aromatic N) is 1. The third kappa shape index (κ3) is 3.28. The highest BCUT2D eigenvalue weighted by molar-refractivity contribution is 6.12. The lowest BCUT2D eigenvalue weighted by Gasteiger charge is -2.11. The number of pyridine rings is 1. The van der Waals surface area contributed by atoms with E-state index in [9.17, 15) is 13.6 Å². The Balaban J connectivity index is 1.84. The normalized spacial score (nSPS) is 10.9. The van der Waals surface area contributed by atoms with E-state index in [1.807, 2.05) is 12.1 Å². The Kier molecular flexibility index (Phi) is 4.18. The molecule has 0 unspecified atom stereocenters. The topological polar surface area (TPSA) is 67.0 Å². The number of aromatic amines is 1. The van der Waals surface area contributed by atoms with Crippen LogP contribution in [0.25, 0.3) is 10.9 Å². The summed E-state index contributed by atoms with van der Waals surface area (Å²) >= 11 is 0. The second-order valence-electron chi connectivity index (χ2n) is 4.76. The van der Waals surface area contributed by atoms with Crippen LogP contribution >= 0.6 is 0 Å². The van der Waals surface area contributed by atoms with E-state index in [0.717, 1.165) is 5.39 Å². The minimum Gasteiger partial charge on any atom is -0.470 e. The van der Waals surface area contributed by atoms with Gasteiger partial charge < -0.3 is 15.0 Å². The van der Waals surface area contributed by atoms with E-state index in [-0.39, 0.29) is 17.5 Å². The number of nitrogens with one attached hydrogen (secondary N) is 2. The van der Waals surface area contributed by atoms with Crippen molar-refractivity contribution >= 4 is 22.5 Å². The van der Waals surface area contributed by atoms with Crippen LogP contribution in [0.15, 0.2) is 48.8 Å². The van der Waals surface area contributed by atoms with Crippen molar-refractivity contribution in [2.75, 3.05) is 11.9 Å². The molecule has 0 bridgehead atoms. The predicted molar refractivity (Wildman–Crippen MR) is 82.0 cm³/mol. The Bertz CT molecular complexity index is 833. The van der Waals surface area contributed by atoms with Gasteiger partial charge in [-0.15, -0.1) is 0 Å². The lowest BCUT2D eigenvalue weighted by Crippen LogP contribution is -2.15. The van der Waals surface area contributed by atoms with E-state index in [4.69, 9.17) is 4.74 Å². The van der Waals surface area contributed by atoms with Gasteiger partial charge in [-0.3, -0.25) is 4.79 Å². The largest absolute Gasteiger partial charge is 0.470 e. The van der Waals surface area contributed by atoms with Crippen molar-refractivity contribution in [2.45, 2.75) is 6.43 Å². The minimum absolute atomic E-state index is 0.0418. The van der Waals surface area contributed by atoms with Crippen LogP contribution in [0.2, 0.25) is 0 Å². The Morgan fingerprint density at radius 3 is 2.96 bits per heavy atom. The number of hydrogen-bond acceptors (Lipinski definition) is 3. The number of anilines is 1. The fourth-order valence-electron chi connectivity index (χ4n) is 2.21. The van der Waals surface area contributed by atoms with Crippen LogP contribution in [0.5, 0.6) is 5.88 Å². The minimum atomic E-state index is -2.62. The molecule has 1 aromatic carbocycles. The number of para-hydroxylation sites is 1. The Hall–Kier alpha value is -2.96. The number of H-pyrrole nitrogens is 1. The van der Waals surface area contributed by atoms with E-state index in [2.05, 4.69) is 15.3 Å². The number of ether oxygens (including phenoxy) is 1. The molecule has 2 N–H and O–H groups in total. The van der Waals surface area contributed by atoms with Crippen molar-refractivity contribution in [1.29, 1.82) is 0 Å². The van der Waals surface area contributed by atoms with Crippen LogP contribution in [0.3, 0.4) is 0 Å². The maximum absolute atomic E-state index is 12.5. The van der Waals surface area contributed by atoms with Crippen LogP contribution < -0.4 is 10.1 Å². The lowest BCUT2D eigenvalue weighted by molar-refractivity contribution is 0.0799. The molecule has 0 aliphatic heterocycles. The number of fused-ring (bicyclic) bond motifs is 1. The Morgan fingerprint density at radius 1 is 1.26 bits per heavy atom. The van der Waals surface area contributed by atoms with Gasteiger partial charge in [0.1, 0.15) is 5.69 Å². The molecule has 0 radical (unpaired) electrons. The van der Waals surface area contributed by atoms with E-state index in [1.165, 1.54) is 6.20 Å². The van der Waals surface area contributed by atoms with Gasteiger partial charge >= 0.3 is 0 Å². The zero-order valence-corrected chi connectivity index (χ0v) is 11.9. The smallest absolute Gasteiger partial charge is 0.272 e. The van der Waals surface area contributed by atoms with Gasteiger partial charge in [0.05, 0.1) is 11.1 Å². The van der Waals surface area contributed by atoms with Gasteiger partial charge in [-0.2, -0.15) is 0 Å². The van der Waals surface area contributed by atoms with E-state index in [1.54, 1.807) is 30.5 Å². The number of carbonyl (C=O) groups excluding carboxylic acids is 1. The van der Waals surface area contributed by atoms with Crippen LogP contribution in [-0.4, -0.2) is 28.9 Å². The van der Waals surface area contributed by atoms with E-state index >= 15 is 0 Å². The Morgan fingerprint density at radius 2 is 2.13 bits per heavy atom. The number of rotatable bonds is 5. The average molecular weight is 317 g/mol. The number of amides is 1. The molecule has 0 aliphatic rings. The summed E-state index contributed by atoms with van der Waals surface area (Å²) in [6.45, 7) is -0.786. The summed E-state index contributed by atoms with van der Waals surface area (Å²) in [4.78, 5) is 19.3. The summed E-state index contributed by atoms with van der Waals surface area (Å²) in [5.74, 6) is -0.423. The van der Waals surface area contributed by atoms with Gasteiger partial charge in [0.15, 0.2) is 6.61 Å². The summed E-state index contributed by atoms with van der Waals surface area (Å²) in [5, 5.41) is 3.54. The number of alkyl halides is 2. The summed E-state index contributed by atoms with van der Waals surface area (Å²) in [7, 11) is 0. The monoisotopic (exact) mass is 317 g/mol. The highest BCUT2D eigenvalue weighted by Crippen LogP contribution is 2.23. The zero-order valence-electron chi connectivity index (χ0n) is 11.9. The van der Waals surface area contributed by atoms with Crippen LogP contribution in [-0.2, 0) is 0 Å². The summed E-state index contributed by atoms with van der Waals surface area (Å²) in [5.41, 5.74) is 1.38. The number of halogens is 2. The van der Waals surface area contributed by atoms with Crippen molar-refractivity contribution < 1.29 is 18.3 Å². The molecule has 118 valence electrons. The SMILES string of the molecule is O=C(Nc1cccnc1OCC(F)F)c1cccc2cc[nH]c12. The van der Waals surface area contributed by atoms with Crippen LogP contribution in [0, 0.1) is 0 Å². The molecule has 0 atom stereocenters. The summed E-state index contributed by atoms with van der Waals surface area (Å²) in [6, 6.07) is 10.3. The molecular formula is C16H13F2N3O2. The molecule has 0 fully saturated rings. The van der Waals surface area contributed by atoms with Crippen molar-refractivity contribution in [3.05, 3.63) is 54.4 Å². The van der Waals surface area contributed by atoms with Gasteiger partial charge in [0.2, 0.25) is 5.88 Å². The first-order chi connectivity index (χ1) is 11.1. The van der Waals surface area contributed by atoms with Crippen molar-refractivity contribution in [3.63, 3.8) is 0 Å². The molecule has 3 aromatic rings. The van der Waals surface area contributed by atoms with Crippen LogP contribution in [0.4, 0.5) is 14.5 Å². The van der Waals surface area contributed by atoms with Crippen molar-refractivity contribution in [3.8, 4) is 5.88 Å². The Labute approximate surface area is 130 Å². The molecule has 0 saturated carbocycles. The summed E-state index contributed by atoms with van der Waals surface area (Å²) < 4.78 is 29.5. The lowest BCUT2D eigenvalue weighted by atomic mass is 10.1. The number of aromatic nitrogens is 2. The zero-order chi connectivity index (χ0) is 16.2. The van der Waals surface area contributed by atoms with Crippen LogP contribution in [0.1, 0.15) is 10.4 Å². The maximum Gasteiger partial charge on any atom is 0.272 e. The molecule has 7 heteroatoms. The molecule has 2 heterocycles. The molecular weight excluding hydrogens is 304 g/mol. The van der Waals surface area contributed by atoms with Gasteiger partial charge in [-0.05, 0) is 24.3 Å². The van der Waals surface area contributed by atoms with Crippen molar-refractivity contribution in [1.82, 2.24) is 9.97 Å². The molecule has 5 nitrogen and oxygen atoms in total. The van der Waals surface area contributed by atoms with E-state index < -0.39 is 13.0 Å².